The van der Waals surface area contributed by atoms with Crippen molar-refractivity contribution in [3.05, 3.63) is 47.5 Å². The fourth-order valence-electron chi connectivity index (χ4n) is 2.80. The van der Waals surface area contributed by atoms with Crippen LogP contribution in [0.25, 0.3) is 0 Å². The average Bonchev–Trinajstić information content (AvgIpc) is 3.23. The van der Waals surface area contributed by atoms with E-state index in [2.05, 4.69) is 46.9 Å². The summed E-state index contributed by atoms with van der Waals surface area (Å²) in [6.07, 6.45) is 8.70. The first-order valence-corrected chi connectivity index (χ1v) is 7.68. The molecule has 0 radical (unpaired) electrons. The first kappa shape index (κ1) is 13.2. The van der Waals surface area contributed by atoms with Crippen LogP contribution in [0.5, 0.6) is 0 Å². The highest BCUT2D eigenvalue weighted by atomic mass is 15.1. The second kappa shape index (κ2) is 5.70. The Morgan fingerprint density at radius 2 is 1.90 bits per heavy atom. The summed E-state index contributed by atoms with van der Waals surface area (Å²) in [5, 5.41) is 3.65. The zero-order valence-electron chi connectivity index (χ0n) is 12.4. The van der Waals surface area contributed by atoms with E-state index < -0.39 is 0 Å². The van der Waals surface area contributed by atoms with E-state index in [9.17, 15) is 0 Å². The van der Waals surface area contributed by atoms with Crippen molar-refractivity contribution in [3.8, 4) is 0 Å². The van der Waals surface area contributed by atoms with Crippen LogP contribution in [0.3, 0.4) is 0 Å². The number of nitrogens with zero attached hydrogens (tertiary/aromatic N) is 2. The molecule has 0 atom stereocenters. The molecule has 1 fully saturated rings. The molecular formula is C17H23N3. The molecule has 3 heteroatoms. The van der Waals surface area contributed by atoms with E-state index in [4.69, 9.17) is 0 Å². The van der Waals surface area contributed by atoms with Gasteiger partial charge in [-0.25, -0.2) is 4.98 Å². The zero-order valence-corrected chi connectivity index (χ0v) is 12.4. The van der Waals surface area contributed by atoms with E-state index in [1.807, 2.05) is 12.5 Å². The normalized spacial score (nSPS) is 14.5. The largest absolute Gasteiger partial charge is 0.379 e. The van der Waals surface area contributed by atoms with Crippen LogP contribution in [-0.4, -0.2) is 9.55 Å². The van der Waals surface area contributed by atoms with E-state index in [-0.39, 0.29) is 0 Å². The lowest BCUT2D eigenvalue weighted by Gasteiger charge is -2.16. The maximum absolute atomic E-state index is 4.30. The van der Waals surface area contributed by atoms with Gasteiger partial charge in [0, 0.05) is 17.9 Å². The number of rotatable bonds is 6. The predicted molar refractivity (Wildman–Crippen MR) is 83.0 cm³/mol. The number of hydrogen-bond acceptors (Lipinski definition) is 2. The average molecular weight is 269 g/mol. The Labute approximate surface area is 121 Å². The van der Waals surface area contributed by atoms with Crippen molar-refractivity contribution in [2.45, 2.75) is 52.1 Å². The van der Waals surface area contributed by atoms with E-state index in [1.165, 1.54) is 35.3 Å². The van der Waals surface area contributed by atoms with E-state index in [1.54, 1.807) is 0 Å². The lowest BCUT2D eigenvalue weighted by molar-refractivity contribution is 0.700. The molecule has 1 saturated carbocycles. The number of benzene rings is 1. The molecule has 0 unspecified atom stereocenters. The standard InChI is InChI=1S/C17H23N3/c1-3-13-6-5-7-14(4-2)17(13)19-11-16-10-18-12-20(16)15-8-9-15/h5-7,10,12,15,19H,3-4,8-9,11H2,1-2H3. The minimum Gasteiger partial charge on any atom is -0.379 e. The van der Waals surface area contributed by atoms with Crippen LogP contribution in [0, 0.1) is 0 Å². The fraction of sp³-hybridized carbons (Fsp3) is 0.471. The van der Waals surface area contributed by atoms with Crippen molar-refractivity contribution in [1.29, 1.82) is 0 Å². The van der Waals surface area contributed by atoms with Crippen molar-refractivity contribution in [1.82, 2.24) is 9.55 Å². The van der Waals surface area contributed by atoms with Crippen molar-refractivity contribution in [2.24, 2.45) is 0 Å². The molecule has 1 heterocycles. The van der Waals surface area contributed by atoms with Gasteiger partial charge in [0.2, 0.25) is 0 Å². The number of aryl methyl sites for hydroxylation is 2. The summed E-state index contributed by atoms with van der Waals surface area (Å²) in [4.78, 5) is 4.30. The molecule has 0 bridgehead atoms. The maximum Gasteiger partial charge on any atom is 0.0951 e. The van der Waals surface area contributed by atoms with Crippen LogP contribution in [0.15, 0.2) is 30.7 Å². The topological polar surface area (TPSA) is 29.9 Å². The predicted octanol–water partition coefficient (Wildman–Crippen LogP) is 3.95. The third-order valence-electron chi connectivity index (χ3n) is 4.13. The van der Waals surface area contributed by atoms with Gasteiger partial charge in [-0.1, -0.05) is 32.0 Å². The van der Waals surface area contributed by atoms with Crippen molar-refractivity contribution in [3.63, 3.8) is 0 Å². The summed E-state index contributed by atoms with van der Waals surface area (Å²) >= 11 is 0. The van der Waals surface area contributed by atoms with Crippen molar-refractivity contribution < 1.29 is 0 Å². The van der Waals surface area contributed by atoms with Gasteiger partial charge in [0.15, 0.2) is 0 Å². The highest BCUT2D eigenvalue weighted by Crippen LogP contribution is 2.35. The Balaban J connectivity index is 1.79. The third kappa shape index (κ3) is 2.58. The van der Waals surface area contributed by atoms with Gasteiger partial charge >= 0.3 is 0 Å². The highest BCUT2D eigenvalue weighted by Gasteiger charge is 2.25. The van der Waals surface area contributed by atoms with Crippen LogP contribution in [0.2, 0.25) is 0 Å². The molecule has 3 nitrogen and oxygen atoms in total. The summed E-state index contributed by atoms with van der Waals surface area (Å²) in [5.74, 6) is 0. The molecule has 3 rings (SSSR count). The van der Waals surface area contributed by atoms with Gasteiger partial charge in [-0.05, 0) is 36.8 Å². The van der Waals surface area contributed by atoms with E-state index in [0.717, 1.165) is 19.4 Å². The zero-order chi connectivity index (χ0) is 13.9. The molecule has 20 heavy (non-hydrogen) atoms. The molecule has 0 aliphatic heterocycles. The van der Waals surface area contributed by atoms with Crippen molar-refractivity contribution in [2.75, 3.05) is 5.32 Å². The second-order valence-electron chi connectivity index (χ2n) is 5.54. The number of para-hydroxylation sites is 1. The van der Waals surface area contributed by atoms with Gasteiger partial charge in [0.1, 0.15) is 0 Å². The molecular weight excluding hydrogens is 246 g/mol. The summed E-state index contributed by atoms with van der Waals surface area (Å²) in [6.45, 7) is 5.29. The van der Waals surface area contributed by atoms with E-state index in [0.29, 0.717) is 6.04 Å². The van der Waals surface area contributed by atoms with E-state index >= 15 is 0 Å². The van der Waals surface area contributed by atoms with Gasteiger partial charge in [0.05, 0.1) is 18.6 Å². The first-order valence-electron chi connectivity index (χ1n) is 7.68. The molecule has 1 N–H and O–H groups in total. The number of aromatic nitrogens is 2. The van der Waals surface area contributed by atoms with Gasteiger partial charge in [0.25, 0.3) is 0 Å². The highest BCUT2D eigenvalue weighted by molar-refractivity contribution is 5.58. The molecule has 1 aliphatic rings. The quantitative estimate of drug-likeness (QED) is 0.860. The summed E-state index contributed by atoms with van der Waals surface area (Å²) in [5.41, 5.74) is 5.42. The van der Waals surface area contributed by atoms with Gasteiger partial charge < -0.3 is 9.88 Å². The summed E-state index contributed by atoms with van der Waals surface area (Å²) < 4.78 is 2.33. The fourth-order valence-corrected chi connectivity index (χ4v) is 2.80. The molecule has 1 aromatic carbocycles. The minimum absolute atomic E-state index is 0.696. The number of hydrogen-bond donors (Lipinski definition) is 1. The molecule has 1 aliphatic carbocycles. The SMILES string of the molecule is CCc1cccc(CC)c1NCc1cncn1C1CC1. The number of anilines is 1. The smallest absolute Gasteiger partial charge is 0.0951 e. The molecule has 0 spiro atoms. The first-order chi connectivity index (χ1) is 9.83. The van der Waals surface area contributed by atoms with Crippen molar-refractivity contribution >= 4 is 5.69 Å². The van der Waals surface area contributed by atoms with Crippen LogP contribution in [-0.2, 0) is 19.4 Å². The number of nitrogens with one attached hydrogen (secondary N) is 1. The summed E-state index contributed by atoms with van der Waals surface area (Å²) in [7, 11) is 0. The monoisotopic (exact) mass is 269 g/mol. The Bertz CT molecular complexity index is 559. The van der Waals surface area contributed by atoms with Crippen LogP contribution >= 0.6 is 0 Å². The molecule has 106 valence electrons. The number of imidazole rings is 1. The van der Waals surface area contributed by atoms with Crippen LogP contribution in [0.4, 0.5) is 5.69 Å². The van der Waals surface area contributed by atoms with Gasteiger partial charge in [-0.2, -0.15) is 0 Å². The molecule has 2 aromatic rings. The lowest BCUT2D eigenvalue weighted by atomic mass is 10.0. The maximum atomic E-state index is 4.30. The molecule has 0 amide bonds. The second-order valence-corrected chi connectivity index (χ2v) is 5.54. The third-order valence-corrected chi connectivity index (χ3v) is 4.13. The van der Waals surface area contributed by atoms with Gasteiger partial charge in [-0.3, -0.25) is 0 Å². The lowest BCUT2D eigenvalue weighted by Crippen LogP contribution is -2.09. The summed E-state index contributed by atoms with van der Waals surface area (Å²) in [6, 6.07) is 7.30. The molecule has 0 saturated heterocycles. The van der Waals surface area contributed by atoms with Gasteiger partial charge in [-0.15, -0.1) is 0 Å². The van der Waals surface area contributed by atoms with Crippen LogP contribution in [0.1, 0.15) is 49.6 Å². The molecule has 1 aromatic heterocycles. The Hall–Kier alpha value is -1.77. The Morgan fingerprint density at radius 1 is 1.20 bits per heavy atom. The Morgan fingerprint density at radius 3 is 2.50 bits per heavy atom. The van der Waals surface area contributed by atoms with Crippen LogP contribution < -0.4 is 5.32 Å². The Kier molecular flexibility index (Phi) is 3.77. The minimum atomic E-state index is 0.696.